The Morgan fingerprint density at radius 3 is 2.41 bits per heavy atom. The highest BCUT2D eigenvalue weighted by Gasteiger charge is 2.32. The van der Waals surface area contributed by atoms with E-state index in [1.807, 2.05) is 0 Å². The Labute approximate surface area is 126 Å². The third-order valence-corrected chi connectivity index (χ3v) is 4.20. The van der Waals surface area contributed by atoms with E-state index in [1.165, 1.54) is 6.07 Å². The minimum Gasteiger partial charge on any atom is -0.477 e. The Balaban J connectivity index is 2.01. The number of carbonyl (C=O) groups is 1. The summed E-state index contributed by atoms with van der Waals surface area (Å²) >= 11 is 1.12. The Morgan fingerprint density at radius 1 is 1.09 bits per heavy atom. The molecule has 0 spiro atoms. The molecule has 0 saturated heterocycles. The number of rotatable bonds is 2. The number of hydrogen-bond acceptors (Lipinski definition) is 3. The second-order valence-electron chi connectivity index (χ2n) is 4.60. The largest absolute Gasteiger partial charge is 0.477 e. The van der Waals surface area contributed by atoms with Gasteiger partial charge in [-0.15, -0.1) is 11.3 Å². The van der Waals surface area contributed by atoms with Crippen LogP contribution >= 0.6 is 11.3 Å². The zero-order valence-corrected chi connectivity index (χ0v) is 11.7. The summed E-state index contributed by atoms with van der Waals surface area (Å²) in [5, 5.41) is 9.76. The Bertz CT molecular complexity index is 853. The van der Waals surface area contributed by atoms with Crippen LogP contribution in [0.15, 0.2) is 42.6 Å². The van der Waals surface area contributed by atoms with Gasteiger partial charge in [-0.05, 0) is 29.1 Å². The molecule has 0 bridgehead atoms. The van der Waals surface area contributed by atoms with E-state index in [0.29, 0.717) is 11.1 Å². The minimum atomic E-state index is -4.47. The average molecular weight is 323 g/mol. The van der Waals surface area contributed by atoms with E-state index in [0.717, 1.165) is 33.7 Å². The van der Waals surface area contributed by atoms with Crippen molar-refractivity contribution >= 4 is 27.4 Å². The summed E-state index contributed by atoms with van der Waals surface area (Å²) in [6, 6.07) is 9.06. The predicted octanol–water partition coefficient (Wildman–Crippen LogP) is 4.68. The molecule has 0 aliphatic heterocycles. The molecule has 0 saturated carbocycles. The maximum absolute atomic E-state index is 12.5. The molecule has 0 amide bonds. The number of halogens is 3. The highest BCUT2D eigenvalue weighted by molar-refractivity contribution is 7.20. The monoisotopic (exact) mass is 323 g/mol. The smallest absolute Gasteiger partial charge is 0.433 e. The van der Waals surface area contributed by atoms with E-state index in [4.69, 9.17) is 5.11 Å². The van der Waals surface area contributed by atoms with Crippen molar-refractivity contribution in [2.24, 2.45) is 0 Å². The number of carboxylic acids is 1. The summed E-state index contributed by atoms with van der Waals surface area (Å²) in [4.78, 5) is 14.6. The lowest BCUT2D eigenvalue weighted by atomic mass is 10.1. The molecule has 3 nitrogen and oxygen atoms in total. The standard InChI is InChI=1S/C15H8F3NO2S/c16-15(17,18)13-4-3-10(7-19-13)8-1-2-9-6-12(14(20)21)22-11(9)5-8/h1-7H,(H,20,21). The normalized spacial score (nSPS) is 11.8. The fourth-order valence-corrected chi connectivity index (χ4v) is 2.99. The summed E-state index contributed by atoms with van der Waals surface area (Å²) in [6.07, 6.45) is -3.30. The molecule has 22 heavy (non-hydrogen) atoms. The molecule has 112 valence electrons. The first-order chi connectivity index (χ1) is 10.3. The lowest BCUT2D eigenvalue weighted by Gasteiger charge is -2.06. The SMILES string of the molecule is O=C(O)c1cc2ccc(-c3ccc(C(F)(F)F)nc3)cc2s1. The third-order valence-electron chi connectivity index (χ3n) is 3.12. The molecule has 1 N–H and O–H groups in total. The van der Waals surface area contributed by atoms with Crippen molar-refractivity contribution < 1.29 is 23.1 Å². The molecule has 0 unspecified atom stereocenters. The molecule has 3 aromatic rings. The first-order valence-electron chi connectivity index (χ1n) is 6.15. The van der Waals surface area contributed by atoms with E-state index in [9.17, 15) is 18.0 Å². The molecule has 0 radical (unpaired) electrons. The number of carboxylic acid groups (broad SMARTS) is 1. The van der Waals surface area contributed by atoms with Gasteiger partial charge in [0.2, 0.25) is 0 Å². The van der Waals surface area contributed by atoms with Crippen molar-refractivity contribution in [1.29, 1.82) is 0 Å². The first-order valence-corrected chi connectivity index (χ1v) is 6.97. The van der Waals surface area contributed by atoms with Crippen LogP contribution in [0.1, 0.15) is 15.4 Å². The Hall–Kier alpha value is -2.41. The van der Waals surface area contributed by atoms with Gasteiger partial charge in [-0.2, -0.15) is 13.2 Å². The van der Waals surface area contributed by atoms with Gasteiger partial charge in [-0.1, -0.05) is 18.2 Å². The first kappa shape index (κ1) is 14.5. The second kappa shape index (κ2) is 5.10. The number of alkyl halides is 3. The number of nitrogens with zero attached hydrogens (tertiary/aromatic N) is 1. The van der Waals surface area contributed by atoms with Gasteiger partial charge in [-0.3, -0.25) is 4.98 Å². The van der Waals surface area contributed by atoms with Gasteiger partial charge in [0.25, 0.3) is 0 Å². The van der Waals surface area contributed by atoms with Crippen molar-refractivity contribution in [2.45, 2.75) is 6.18 Å². The maximum atomic E-state index is 12.5. The van der Waals surface area contributed by atoms with Crippen LogP contribution in [0.25, 0.3) is 21.2 Å². The van der Waals surface area contributed by atoms with Gasteiger partial charge in [0.15, 0.2) is 0 Å². The van der Waals surface area contributed by atoms with Crippen molar-refractivity contribution in [1.82, 2.24) is 4.98 Å². The molecule has 0 aliphatic carbocycles. The Kier molecular flexibility index (Phi) is 3.37. The number of fused-ring (bicyclic) bond motifs is 1. The quantitative estimate of drug-likeness (QED) is 0.745. The zero-order valence-electron chi connectivity index (χ0n) is 10.9. The average Bonchev–Trinajstić information content (AvgIpc) is 2.89. The lowest BCUT2D eigenvalue weighted by molar-refractivity contribution is -0.141. The fraction of sp³-hybridized carbons (Fsp3) is 0.0667. The number of hydrogen-bond donors (Lipinski definition) is 1. The molecule has 1 aromatic carbocycles. The van der Waals surface area contributed by atoms with E-state index in [2.05, 4.69) is 4.98 Å². The predicted molar refractivity (Wildman–Crippen MR) is 77.0 cm³/mol. The number of aromatic nitrogens is 1. The minimum absolute atomic E-state index is 0.220. The van der Waals surface area contributed by atoms with Gasteiger partial charge in [0, 0.05) is 16.5 Å². The van der Waals surface area contributed by atoms with Gasteiger partial charge in [0.1, 0.15) is 10.6 Å². The molecule has 0 fully saturated rings. The molecule has 2 aromatic heterocycles. The van der Waals surface area contributed by atoms with Crippen molar-refractivity contribution in [2.75, 3.05) is 0 Å². The lowest BCUT2D eigenvalue weighted by Crippen LogP contribution is -2.07. The molecule has 7 heteroatoms. The van der Waals surface area contributed by atoms with Crippen LogP contribution in [0, 0.1) is 0 Å². The molecule has 0 atom stereocenters. The van der Waals surface area contributed by atoms with Crippen LogP contribution in [-0.4, -0.2) is 16.1 Å². The number of thiophene rings is 1. The van der Waals surface area contributed by atoms with Crippen LogP contribution in [0.5, 0.6) is 0 Å². The number of benzene rings is 1. The second-order valence-corrected chi connectivity index (χ2v) is 5.68. The van der Waals surface area contributed by atoms with Crippen molar-refractivity contribution in [3.63, 3.8) is 0 Å². The zero-order chi connectivity index (χ0) is 15.9. The summed E-state index contributed by atoms with van der Waals surface area (Å²) in [6.45, 7) is 0. The highest BCUT2D eigenvalue weighted by atomic mass is 32.1. The van der Waals surface area contributed by atoms with Crippen LogP contribution in [0.2, 0.25) is 0 Å². The van der Waals surface area contributed by atoms with Crippen LogP contribution in [0.3, 0.4) is 0 Å². The molecule has 0 aliphatic rings. The summed E-state index contributed by atoms with van der Waals surface area (Å²) in [5.74, 6) is -1.00. The number of pyridine rings is 1. The molecular weight excluding hydrogens is 315 g/mol. The summed E-state index contributed by atoms with van der Waals surface area (Å²) < 4.78 is 38.2. The van der Waals surface area contributed by atoms with E-state index >= 15 is 0 Å². The van der Waals surface area contributed by atoms with E-state index in [-0.39, 0.29) is 4.88 Å². The van der Waals surface area contributed by atoms with E-state index in [1.54, 1.807) is 24.3 Å². The fourth-order valence-electron chi connectivity index (χ4n) is 2.05. The maximum Gasteiger partial charge on any atom is 0.433 e. The third kappa shape index (κ3) is 2.67. The Morgan fingerprint density at radius 2 is 1.82 bits per heavy atom. The van der Waals surface area contributed by atoms with Crippen LogP contribution in [0.4, 0.5) is 13.2 Å². The summed E-state index contributed by atoms with van der Waals surface area (Å²) in [5.41, 5.74) is 0.286. The van der Waals surface area contributed by atoms with Gasteiger partial charge < -0.3 is 5.11 Å². The van der Waals surface area contributed by atoms with E-state index < -0.39 is 17.8 Å². The van der Waals surface area contributed by atoms with Crippen LogP contribution in [-0.2, 0) is 6.18 Å². The molecule has 2 heterocycles. The van der Waals surface area contributed by atoms with Crippen molar-refractivity contribution in [3.8, 4) is 11.1 Å². The van der Waals surface area contributed by atoms with Crippen LogP contribution < -0.4 is 0 Å². The number of aromatic carboxylic acids is 1. The topological polar surface area (TPSA) is 50.2 Å². The van der Waals surface area contributed by atoms with Gasteiger partial charge >= 0.3 is 12.1 Å². The molecule has 3 rings (SSSR count). The van der Waals surface area contributed by atoms with Gasteiger partial charge in [-0.25, -0.2) is 4.79 Å². The van der Waals surface area contributed by atoms with Gasteiger partial charge in [0.05, 0.1) is 0 Å². The molecular formula is C15H8F3NO2S. The summed E-state index contributed by atoms with van der Waals surface area (Å²) in [7, 11) is 0. The highest BCUT2D eigenvalue weighted by Crippen LogP contribution is 2.32. The van der Waals surface area contributed by atoms with Crippen molar-refractivity contribution in [3.05, 3.63) is 53.2 Å².